The van der Waals surface area contributed by atoms with E-state index in [0.717, 1.165) is 17.1 Å². The second-order valence-corrected chi connectivity index (χ2v) is 5.94. The van der Waals surface area contributed by atoms with Crippen LogP contribution in [0, 0.1) is 0 Å². The summed E-state index contributed by atoms with van der Waals surface area (Å²) in [6.45, 7) is 10.1. The Balaban J connectivity index is 0.000000191. The van der Waals surface area contributed by atoms with Gasteiger partial charge >= 0.3 is 0 Å². The summed E-state index contributed by atoms with van der Waals surface area (Å²) in [5.74, 6) is 1.74. The van der Waals surface area contributed by atoms with Gasteiger partial charge in [-0.25, -0.2) is 0 Å². The minimum atomic E-state index is 0.869. The van der Waals surface area contributed by atoms with Gasteiger partial charge in [0.05, 0.1) is 0 Å². The molecule has 0 fully saturated rings. The van der Waals surface area contributed by atoms with Crippen LogP contribution < -0.4 is 4.74 Å². The van der Waals surface area contributed by atoms with Gasteiger partial charge in [0.15, 0.2) is 0 Å². The lowest BCUT2D eigenvalue weighted by molar-refractivity contribution is 0.482. The van der Waals surface area contributed by atoms with Crippen molar-refractivity contribution < 1.29 is 4.74 Å². The fraction of sp³-hybridized carbons (Fsp3) is 0. The van der Waals surface area contributed by atoms with E-state index in [1.807, 2.05) is 97.1 Å². The molecule has 29 heavy (non-hydrogen) atoms. The van der Waals surface area contributed by atoms with Crippen LogP contribution >= 0.6 is 0 Å². The topological polar surface area (TPSA) is 9.23 Å². The number of hydrogen-bond donors (Lipinski definition) is 0. The average Bonchev–Trinajstić information content (AvgIpc) is 2.83. The van der Waals surface area contributed by atoms with E-state index in [0.29, 0.717) is 0 Å². The van der Waals surface area contributed by atoms with Gasteiger partial charge in [0.2, 0.25) is 0 Å². The minimum absolute atomic E-state index is 0.869. The van der Waals surface area contributed by atoms with Crippen molar-refractivity contribution in [1.29, 1.82) is 0 Å². The standard InChI is InChI=1S/C14H12.C12H10O.C2H4/c1-12(13-8-4-2-5-9-13)14-10-6-3-7-11-14;1-3-7-11(8-4-1)13-12-9-5-2-6-10-12;1-2/h2-11H,1H2;1-10H;1-2H2. The van der Waals surface area contributed by atoms with Gasteiger partial charge in [-0.3, -0.25) is 0 Å². The van der Waals surface area contributed by atoms with Gasteiger partial charge in [-0.15, -0.1) is 13.2 Å². The van der Waals surface area contributed by atoms with E-state index in [1.165, 1.54) is 11.1 Å². The van der Waals surface area contributed by atoms with Crippen LogP contribution in [0.15, 0.2) is 141 Å². The van der Waals surface area contributed by atoms with E-state index in [-0.39, 0.29) is 0 Å². The molecule has 0 spiro atoms. The molecule has 0 aromatic heterocycles. The highest BCUT2D eigenvalue weighted by molar-refractivity contribution is 5.77. The molecule has 0 radical (unpaired) electrons. The molecule has 1 heteroatoms. The van der Waals surface area contributed by atoms with Crippen molar-refractivity contribution in [2.45, 2.75) is 0 Å². The van der Waals surface area contributed by atoms with E-state index in [1.54, 1.807) is 0 Å². The molecule has 0 aliphatic rings. The van der Waals surface area contributed by atoms with Gasteiger partial charge < -0.3 is 4.74 Å². The fourth-order valence-electron chi connectivity index (χ4n) is 2.56. The third kappa shape index (κ3) is 7.36. The van der Waals surface area contributed by atoms with Gasteiger partial charge in [0.1, 0.15) is 11.5 Å². The molecule has 144 valence electrons. The van der Waals surface area contributed by atoms with E-state index in [9.17, 15) is 0 Å². The maximum atomic E-state index is 5.58. The van der Waals surface area contributed by atoms with E-state index in [4.69, 9.17) is 4.74 Å². The Labute approximate surface area is 174 Å². The second kappa shape index (κ2) is 12.5. The number of para-hydroxylation sites is 2. The summed E-state index contributed by atoms with van der Waals surface area (Å²) in [7, 11) is 0. The smallest absolute Gasteiger partial charge is 0.127 e. The monoisotopic (exact) mass is 378 g/mol. The molecule has 4 aromatic carbocycles. The minimum Gasteiger partial charge on any atom is -0.457 e. The number of hydrogen-bond acceptors (Lipinski definition) is 1. The Hall–Kier alpha value is -3.84. The van der Waals surface area contributed by atoms with Crippen LogP contribution in [0.4, 0.5) is 0 Å². The largest absolute Gasteiger partial charge is 0.457 e. The van der Waals surface area contributed by atoms with Gasteiger partial charge in [-0.2, -0.15) is 0 Å². The van der Waals surface area contributed by atoms with Crippen molar-refractivity contribution in [2.75, 3.05) is 0 Å². The number of ether oxygens (including phenoxy) is 1. The summed E-state index contributed by atoms with van der Waals surface area (Å²) >= 11 is 0. The lowest BCUT2D eigenvalue weighted by atomic mass is 10.0. The summed E-state index contributed by atoms with van der Waals surface area (Å²) in [6.07, 6.45) is 0. The first kappa shape index (κ1) is 21.5. The quantitative estimate of drug-likeness (QED) is 0.327. The van der Waals surface area contributed by atoms with Gasteiger partial charge in [0.25, 0.3) is 0 Å². The van der Waals surface area contributed by atoms with Crippen molar-refractivity contribution in [3.05, 3.63) is 152 Å². The van der Waals surface area contributed by atoms with Crippen LogP contribution in [0.1, 0.15) is 11.1 Å². The highest BCUT2D eigenvalue weighted by Crippen LogP contribution is 2.20. The Morgan fingerprint density at radius 2 is 0.724 bits per heavy atom. The highest BCUT2D eigenvalue weighted by atomic mass is 16.5. The maximum absolute atomic E-state index is 5.58. The van der Waals surface area contributed by atoms with Gasteiger partial charge in [-0.05, 0) is 41.0 Å². The first-order valence-corrected chi connectivity index (χ1v) is 9.40. The van der Waals surface area contributed by atoms with Crippen LogP contribution in [0.3, 0.4) is 0 Å². The van der Waals surface area contributed by atoms with E-state index >= 15 is 0 Å². The zero-order valence-corrected chi connectivity index (χ0v) is 16.6. The summed E-state index contributed by atoms with van der Waals surface area (Å²) in [5.41, 5.74) is 3.43. The summed E-state index contributed by atoms with van der Waals surface area (Å²) < 4.78 is 5.58. The number of benzene rings is 4. The van der Waals surface area contributed by atoms with Gasteiger partial charge in [-0.1, -0.05) is 104 Å². The Morgan fingerprint density at radius 1 is 0.448 bits per heavy atom. The Morgan fingerprint density at radius 3 is 1.03 bits per heavy atom. The van der Waals surface area contributed by atoms with Crippen molar-refractivity contribution in [3.8, 4) is 11.5 Å². The zero-order valence-electron chi connectivity index (χ0n) is 16.6. The number of rotatable bonds is 4. The molecule has 0 amide bonds. The van der Waals surface area contributed by atoms with Crippen molar-refractivity contribution in [3.63, 3.8) is 0 Å². The molecule has 0 bridgehead atoms. The van der Waals surface area contributed by atoms with Crippen LogP contribution in [-0.4, -0.2) is 0 Å². The Kier molecular flexibility index (Phi) is 9.27. The SMILES string of the molecule is C=C.C=C(c1ccccc1)c1ccccc1.c1ccc(Oc2ccccc2)cc1. The first-order valence-electron chi connectivity index (χ1n) is 9.40. The second-order valence-electron chi connectivity index (χ2n) is 5.94. The molecular weight excluding hydrogens is 352 g/mol. The average molecular weight is 379 g/mol. The Bertz CT molecular complexity index is 867. The van der Waals surface area contributed by atoms with E-state index < -0.39 is 0 Å². The molecule has 0 unspecified atom stereocenters. The maximum Gasteiger partial charge on any atom is 0.127 e. The summed E-state index contributed by atoms with van der Waals surface area (Å²) in [6, 6.07) is 40.0. The predicted molar refractivity (Wildman–Crippen MR) is 125 cm³/mol. The van der Waals surface area contributed by atoms with Crippen LogP contribution in [0.25, 0.3) is 5.57 Å². The predicted octanol–water partition coefficient (Wildman–Crippen LogP) is 8.03. The van der Waals surface area contributed by atoms with Crippen molar-refractivity contribution in [2.24, 2.45) is 0 Å². The highest BCUT2D eigenvalue weighted by Gasteiger charge is 1.99. The third-order valence-corrected chi connectivity index (χ3v) is 3.97. The molecule has 4 rings (SSSR count). The van der Waals surface area contributed by atoms with E-state index in [2.05, 4.69) is 44.0 Å². The van der Waals surface area contributed by atoms with Crippen molar-refractivity contribution in [1.82, 2.24) is 0 Å². The van der Waals surface area contributed by atoms with Crippen LogP contribution in [0.5, 0.6) is 11.5 Å². The molecule has 4 aromatic rings. The lowest BCUT2D eigenvalue weighted by Gasteiger charge is -2.04. The molecule has 0 aliphatic heterocycles. The van der Waals surface area contributed by atoms with Gasteiger partial charge in [0, 0.05) is 0 Å². The molecule has 0 saturated carbocycles. The lowest BCUT2D eigenvalue weighted by Crippen LogP contribution is -1.84. The third-order valence-electron chi connectivity index (χ3n) is 3.97. The summed E-state index contributed by atoms with van der Waals surface area (Å²) in [5, 5.41) is 0. The van der Waals surface area contributed by atoms with Crippen molar-refractivity contribution >= 4 is 5.57 Å². The summed E-state index contributed by atoms with van der Waals surface area (Å²) in [4.78, 5) is 0. The zero-order chi connectivity index (χ0) is 20.7. The molecule has 1 nitrogen and oxygen atoms in total. The first-order chi connectivity index (χ1) is 14.3. The molecule has 0 atom stereocenters. The normalized spacial score (nSPS) is 9.10. The van der Waals surface area contributed by atoms with Crippen LogP contribution in [-0.2, 0) is 0 Å². The molecular formula is C28H26O. The molecule has 0 N–H and O–H groups in total. The molecule has 0 aliphatic carbocycles. The fourth-order valence-corrected chi connectivity index (χ4v) is 2.56. The van der Waals surface area contributed by atoms with Crippen LogP contribution in [0.2, 0.25) is 0 Å². The molecule has 0 saturated heterocycles. The molecule has 0 heterocycles.